The molecular formula is C12H11N3OS2. The number of thiophene rings is 2. The Morgan fingerprint density at radius 3 is 2.94 bits per heavy atom. The third-order valence-corrected chi connectivity index (χ3v) is 4.10. The second-order valence-electron chi connectivity index (χ2n) is 3.61. The first-order valence-electron chi connectivity index (χ1n) is 5.45. The molecule has 0 saturated heterocycles. The lowest BCUT2D eigenvalue weighted by Crippen LogP contribution is -2.01. The minimum absolute atomic E-state index is 0.544. The fourth-order valence-electron chi connectivity index (χ4n) is 1.58. The van der Waals surface area contributed by atoms with Crippen molar-refractivity contribution in [1.82, 2.24) is 9.97 Å². The molecule has 0 amide bonds. The summed E-state index contributed by atoms with van der Waals surface area (Å²) < 4.78 is 5.79. The average Bonchev–Trinajstić information content (AvgIpc) is 3.06. The Hall–Kier alpha value is -1.66. The van der Waals surface area contributed by atoms with E-state index in [4.69, 9.17) is 4.74 Å². The molecule has 3 rings (SSSR count). The molecule has 18 heavy (non-hydrogen) atoms. The zero-order valence-electron chi connectivity index (χ0n) is 9.71. The lowest BCUT2D eigenvalue weighted by molar-refractivity contribution is 0.301. The first-order valence-corrected chi connectivity index (χ1v) is 7.21. The summed E-state index contributed by atoms with van der Waals surface area (Å²) in [6, 6.07) is 6.06. The minimum atomic E-state index is 0.544. The third kappa shape index (κ3) is 2.16. The fraction of sp³-hybridized carbons (Fsp3) is 0.167. The molecule has 3 aromatic rings. The maximum Gasteiger partial charge on any atom is 0.227 e. The molecule has 0 fully saturated rings. The van der Waals surface area contributed by atoms with Crippen LogP contribution < -0.4 is 10.1 Å². The Morgan fingerprint density at radius 1 is 1.22 bits per heavy atom. The molecule has 0 unspecified atom stereocenters. The van der Waals surface area contributed by atoms with Gasteiger partial charge in [-0.15, -0.1) is 22.7 Å². The number of nitrogens with one attached hydrogen (secondary N) is 1. The lowest BCUT2D eigenvalue weighted by Gasteiger charge is -2.06. The van der Waals surface area contributed by atoms with Gasteiger partial charge in [0.05, 0.1) is 5.39 Å². The van der Waals surface area contributed by atoms with Crippen molar-refractivity contribution in [1.29, 1.82) is 0 Å². The zero-order valence-corrected chi connectivity index (χ0v) is 11.3. The van der Waals surface area contributed by atoms with E-state index in [1.807, 2.05) is 22.9 Å². The van der Waals surface area contributed by atoms with Crippen LogP contribution in [0.3, 0.4) is 0 Å². The van der Waals surface area contributed by atoms with Gasteiger partial charge in [0.2, 0.25) is 11.8 Å². The molecule has 92 valence electrons. The number of rotatable bonds is 4. The van der Waals surface area contributed by atoms with Crippen LogP contribution in [0, 0.1) is 0 Å². The molecule has 0 saturated carbocycles. The van der Waals surface area contributed by atoms with E-state index in [1.165, 1.54) is 4.88 Å². The summed E-state index contributed by atoms with van der Waals surface area (Å²) in [5.41, 5.74) is 0. The van der Waals surface area contributed by atoms with E-state index in [-0.39, 0.29) is 0 Å². The van der Waals surface area contributed by atoms with Gasteiger partial charge in [0, 0.05) is 11.9 Å². The summed E-state index contributed by atoms with van der Waals surface area (Å²) in [5, 5.41) is 7.95. The molecule has 0 atom stereocenters. The molecule has 3 aromatic heterocycles. The second-order valence-corrected chi connectivity index (χ2v) is 5.54. The number of ether oxygens (including phenoxy) is 1. The Morgan fingerprint density at radius 2 is 2.17 bits per heavy atom. The molecule has 0 aliphatic heterocycles. The highest BCUT2D eigenvalue weighted by molar-refractivity contribution is 7.16. The summed E-state index contributed by atoms with van der Waals surface area (Å²) >= 11 is 3.26. The SMILES string of the molecule is CNc1nc(OCc2cccs2)c2ccsc2n1. The Balaban J connectivity index is 1.92. The van der Waals surface area contributed by atoms with Gasteiger partial charge in [-0.25, -0.2) is 4.98 Å². The number of nitrogens with zero attached hydrogens (tertiary/aromatic N) is 2. The quantitative estimate of drug-likeness (QED) is 0.794. The summed E-state index contributed by atoms with van der Waals surface area (Å²) in [6.45, 7) is 0.544. The van der Waals surface area contributed by atoms with Crippen molar-refractivity contribution >= 4 is 38.8 Å². The Kier molecular flexibility index (Phi) is 3.12. The number of aromatic nitrogens is 2. The normalized spacial score (nSPS) is 10.7. The molecule has 0 bridgehead atoms. The molecule has 0 aliphatic carbocycles. The van der Waals surface area contributed by atoms with Gasteiger partial charge in [0.1, 0.15) is 11.4 Å². The van der Waals surface area contributed by atoms with E-state index < -0.39 is 0 Å². The van der Waals surface area contributed by atoms with Crippen LogP contribution in [-0.4, -0.2) is 17.0 Å². The van der Waals surface area contributed by atoms with Crippen LogP contribution in [0.4, 0.5) is 5.95 Å². The number of anilines is 1. The van der Waals surface area contributed by atoms with Crippen molar-refractivity contribution in [2.45, 2.75) is 6.61 Å². The van der Waals surface area contributed by atoms with E-state index in [9.17, 15) is 0 Å². The van der Waals surface area contributed by atoms with Crippen molar-refractivity contribution in [2.75, 3.05) is 12.4 Å². The second kappa shape index (κ2) is 4.91. The molecule has 0 aliphatic rings. The molecule has 3 heterocycles. The maximum absolute atomic E-state index is 5.79. The van der Waals surface area contributed by atoms with Crippen molar-refractivity contribution in [3.8, 4) is 5.88 Å². The molecule has 4 nitrogen and oxygen atoms in total. The van der Waals surface area contributed by atoms with Crippen LogP contribution >= 0.6 is 22.7 Å². The van der Waals surface area contributed by atoms with E-state index in [0.29, 0.717) is 18.4 Å². The smallest absolute Gasteiger partial charge is 0.227 e. The van der Waals surface area contributed by atoms with Gasteiger partial charge in [0.25, 0.3) is 0 Å². The van der Waals surface area contributed by atoms with E-state index in [1.54, 1.807) is 29.7 Å². The monoisotopic (exact) mass is 277 g/mol. The fourth-order valence-corrected chi connectivity index (χ4v) is 2.95. The van der Waals surface area contributed by atoms with Crippen molar-refractivity contribution in [2.24, 2.45) is 0 Å². The third-order valence-electron chi connectivity index (χ3n) is 2.44. The van der Waals surface area contributed by atoms with Crippen molar-refractivity contribution in [3.63, 3.8) is 0 Å². The average molecular weight is 277 g/mol. The minimum Gasteiger partial charge on any atom is -0.471 e. The summed E-state index contributed by atoms with van der Waals surface area (Å²) in [6.07, 6.45) is 0. The van der Waals surface area contributed by atoms with Gasteiger partial charge in [-0.2, -0.15) is 4.98 Å². The maximum atomic E-state index is 5.79. The highest BCUT2D eigenvalue weighted by Gasteiger charge is 2.09. The first kappa shape index (κ1) is 11.4. The van der Waals surface area contributed by atoms with Crippen LogP contribution in [0.25, 0.3) is 10.2 Å². The van der Waals surface area contributed by atoms with Gasteiger partial charge in [0.15, 0.2) is 0 Å². The van der Waals surface area contributed by atoms with Crippen molar-refractivity contribution in [3.05, 3.63) is 33.8 Å². The van der Waals surface area contributed by atoms with E-state index >= 15 is 0 Å². The largest absolute Gasteiger partial charge is 0.471 e. The van der Waals surface area contributed by atoms with Gasteiger partial charge >= 0.3 is 0 Å². The van der Waals surface area contributed by atoms with Crippen molar-refractivity contribution < 1.29 is 4.74 Å². The van der Waals surface area contributed by atoms with Gasteiger partial charge in [-0.05, 0) is 22.9 Å². The number of hydrogen-bond donors (Lipinski definition) is 1. The van der Waals surface area contributed by atoms with Crippen LogP contribution in [0.1, 0.15) is 4.88 Å². The van der Waals surface area contributed by atoms with Gasteiger partial charge in [-0.3, -0.25) is 0 Å². The standard InChI is InChI=1S/C12H11N3OS2/c1-13-12-14-10(9-4-6-18-11(9)15-12)16-7-8-3-2-5-17-8/h2-6H,7H2,1H3,(H,13,14,15). The van der Waals surface area contributed by atoms with E-state index in [0.717, 1.165) is 10.2 Å². The predicted molar refractivity (Wildman–Crippen MR) is 75.6 cm³/mol. The van der Waals surface area contributed by atoms with Crippen LogP contribution in [0.5, 0.6) is 5.88 Å². The summed E-state index contributed by atoms with van der Waals surface area (Å²) in [4.78, 5) is 10.9. The first-order chi connectivity index (χ1) is 8.86. The number of hydrogen-bond acceptors (Lipinski definition) is 6. The van der Waals surface area contributed by atoms with Gasteiger partial charge in [-0.1, -0.05) is 6.07 Å². The Bertz CT molecular complexity index is 648. The topological polar surface area (TPSA) is 47.0 Å². The van der Waals surface area contributed by atoms with Crippen LogP contribution in [0.2, 0.25) is 0 Å². The molecule has 0 aromatic carbocycles. The van der Waals surface area contributed by atoms with E-state index in [2.05, 4.69) is 21.4 Å². The zero-order chi connectivity index (χ0) is 12.4. The summed E-state index contributed by atoms with van der Waals surface area (Å²) in [5.74, 6) is 1.23. The molecule has 0 spiro atoms. The highest BCUT2D eigenvalue weighted by Crippen LogP contribution is 2.28. The van der Waals surface area contributed by atoms with Crippen LogP contribution in [0.15, 0.2) is 29.0 Å². The molecular weight excluding hydrogens is 266 g/mol. The predicted octanol–water partition coefficient (Wildman–Crippen LogP) is 3.37. The Labute approximate surface area is 112 Å². The molecule has 1 N–H and O–H groups in total. The summed E-state index contributed by atoms with van der Waals surface area (Å²) in [7, 11) is 1.80. The molecule has 6 heteroatoms. The van der Waals surface area contributed by atoms with Crippen LogP contribution in [-0.2, 0) is 6.61 Å². The number of fused-ring (bicyclic) bond motifs is 1. The lowest BCUT2D eigenvalue weighted by atomic mass is 10.4. The van der Waals surface area contributed by atoms with Gasteiger partial charge < -0.3 is 10.1 Å². The highest BCUT2D eigenvalue weighted by atomic mass is 32.1. The molecule has 0 radical (unpaired) electrons.